The van der Waals surface area contributed by atoms with Crippen molar-refractivity contribution in [3.63, 3.8) is 0 Å². The molecular weight excluding hydrogens is 354 g/mol. The van der Waals surface area contributed by atoms with Gasteiger partial charge in [0.1, 0.15) is 12.1 Å². The van der Waals surface area contributed by atoms with Gasteiger partial charge in [-0.3, -0.25) is 14.2 Å². The number of benzene rings is 1. The molecule has 144 valence electrons. The summed E-state index contributed by atoms with van der Waals surface area (Å²) in [4.78, 5) is 34.6. The first kappa shape index (κ1) is 19.3. The van der Waals surface area contributed by atoms with Crippen LogP contribution in [-0.4, -0.2) is 44.8 Å². The van der Waals surface area contributed by atoms with E-state index in [4.69, 9.17) is 0 Å². The zero-order chi connectivity index (χ0) is 20.3. The highest BCUT2D eigenvalue weighted by atomic mass is 16.2. The summed E-state index contributed by atoms with van der Waals surface area (Å²) in [6.07, 6.45) is 6.57. The summed E-state index contributed by atoms with van der Waals surface area (Å²) >= 11 is 0. The molecular formula is C21H23N5O2. The van der Waals surface area contributed by atoms with E-state index in [0.717, 1.165) is 22.4 Å². The van der Waals surface area contributed by atoms with Gasteiger partial charge in [0.2, 0.25) is 5.91 Å². The molecule has 7 nitrogen and oxygen atoms in total. The molecule has 0 saturated heterocycles. The summed E-state index contributed by atoms with van der Waals surface area (Å²) in [6.45, 7) is 5.88. The molecule has 2 heterocycles. The fourth-order valence-corrected chi connectivity index (χ4v) is 3.12. The van der Waals surface area contributed by atoms with Gasteiger partial charge in [0.15, 0.2) is 0 Å². The molecule has 2 amide bonds. The van der Waals surface area contributed by atoms with Crippen molar-refractivity contribution in [3.05, 3.63) is 71.4 Å². The fourth-order valence-electron chi connectivity index (χ4n) is 3.12. The van der Waals surface area contributed by atoms with Gasteiger partial charge in [-0.05, 0) is 44.0 Å². The molecule has 3 rings (SSSR count). The first-order valence-electron chi connectivity index (χ1n) is 8.92. The largest absolute Gasteiger partial charge is 0.332 e. The van der Waals surface area contributed by atoms with Crippen LogP contribution < -0.4 is 5.32 Å². The molecule has 0 spiro atoms. The molecule has 0 aliphatic carbocycles. The second-order valence-corrected chi connectivity index (χ2v) is 6.86. The smallest absolute Gasteiger partial charge is 0.255 e. The zero-order valence-corrected chi connectivity index (χ0v) is 16.4. The van der Waals surface area contributed by atoms with Crippen molar-refractivity contribution in [2.45, 2.75) is 20.8 Å². The van der Waals surface area contributed by atoms with Crippen molar-refractivity contribution in [1.82, 2.24) is 19.4 Å². The van der Waals surface area contributed by atoms with Crippen LogP contribution in [0.15, 0.2) is 49.2 Å². The maximum absolute atomic E-state index is 12.6. The molecule has 0 bridgehead atoms. The molecule has 1 N–H and O–H groups in total. The van der Waals surface area contributed by atoms with Gasteiger partial charge in [-0.2, -0.15) is 0 Å². The fraction of sp³-hybridized carbons (Fsp3) is 0.238. The average Bonchev–Trinajstić information content (AvgIpc) is 3.19. The topological polar surface area (TPSA) is 80.1 Å². The van der Waals surface area contributed by atoms with Crippen molar-refractivity contribution < 1.29 is 9.59 Å². The lowest BCUT2D eigenvalue weighted by Gasteiger charge is -2.18. The maximum atomic E-state index is 12.6. The van der Waals surface area contributed by atoms with E-state index in [-0.39, 0.29) is 18.4 Å². The van der Waals surface area contributed by atoms with Crippen LogP contribution in [0.1, 0.15) is 27.0 Å². The number of anilines is 1. The van der Waals surface area contributed by atoms with Crippen LogP contribution in [-0.2, 0) is 4.79 Å². The Labute approximate surface area is 164 Å². The van der Waals surface area contributed by atoms with Crippen LogP contribution in [0, 0.1) is 20.8 Å². The number of pyridine rings is 1. The summed E-state index contributed by atoms with van der Waals surface area (Å²) in [5.74, 6) is 0.158. The molecule has 0 radical (unpaired) electrons. The number of imidazole rings is 1. The first-order chi connectivity index (χ1) is 13.3. The van der Waals surface area contributed by atoms with Crippen molar-refractivity contribution in [2.24, 2.45) is 0 Å². The molecule has 7 heteroatoms. The summed E-state index contributed by atoms with van der Waals surface area (Å²) in [5.41, 5.74) is 4.36. The van der Waals surface area contributed by atoms with Crippen LogP contribution in [0.5, 0.6) is 0 Å². The number of aromatic nitrogens is 3. The van der Waals surface area contributed by atoms with Crippen molar-refractivity contribution >= 4 is 17.5 Å². The number of carbonyl (C=O) groups is 2. The number of rotatable bonds is 5. The average molecular weight is 377 g/mol. The summed E-state index contributed by atoms with van der Waals surface area (Å²) < 4.78 is 1.75. The van der Waals surface area contributed by atoms with Crippen LogP contribution in [0.4, 0.5) is 5.69 Å². The van der Waals surface area contributed by atoms with Crippen molar-refractivity contribution in [1.29, 1.82) is 0 Å². The number of nitrogens with one attached hydrogen (secondary N) is 1. The van der Waals surface area contributed by atoms with Crippen LogP contribution in [0.25, 0.3) is 5.82 Å². The number of hydrogen-bond donors (Lipinski definition) is 1. The molecule has 28 heavy (non-hydrogen) atoms. The van der Waals surface area contributed by atoms with Gasteiger partial charge in [-0.25, -0.2) is 9.97 Å². The van der Waals surface area contributed by atoms with Crippen LogP contribution >= 0.6 is 0 Å². The first-order valence-corrected chi connectivity index (χ1v) is 8.92. The Balaban J connectivity index is 1.64. The number of nitrogens with zero attached hydrogens (tertiary/aromatic N) is 4. The van der Waals surface area contributed by atoms with E-state index in [1.165, 1.54) is 11.1 Å². The van der Waals surface area contributed by atoms with E-state index >= 15 is 0 Å². The van der Waals surface area contributed by atoms with Gasteiger partial charge in [-0.15, -0.1) is 0 Å². The Kier molecular flexibility index (Phi) is 5.54. The second kappa shape index (κ2) is 8.04. The Morgan fingerprint density at radius 2 is 1.86 bits per heavy atom. The van der Waals surface area contributed by atoms with Gasteiger partial charge in [0.25, 0.3) is 5.91 Å². The molecule has 0 saturated carbocycles. The zero-order valence-electron chi connectivity index (χ0n) is 16.4. The Bertz CT molecular complexity index is 971. The maximum Gasteiger partial charge on any atom is 0.255 e. The highest BCUT2D eigenvalue weighted by Crippen LogP contribution is 2.21. The SMILES string of the molecule is Cc1cc(C)c(NC(=O)CN(C)C(=O)c2ccc(-n3ccnc3)nc2)c(C)c1. The lowest BCUT2D eigenvalue weighted by Crippen LogP contribution is -2.35. The van der Waals surface area contributed by atoms with Gasteiger partial charge in [-0.1, -0.05) is 17.7 Å². The minimum absolute atomic E-state index is 0.0468. The molecule has 0 fully saturated rings. The minimum atomic E-state index is -0.266. The lowest BCUT2D eigenvalue weighted by molar-refractivity contribution is -0.116. The van der Waals surface area contributed by atoms with Gasteiger partial charge >= 0.3 is 0 Å². The molecule has 2 aromatic heterocycles. The molecule has 0 unspecified atom stereocenters. The molecule has 1 aromatic carbocycles. The molecule has 0 aliphatic heterocycles. The predicted molar refractivity (Wildman–Crippen MR) is 108 cm³/mol. The predicted octanol–water partition coefficient (Wildman–Crippen LogP) is 2.90. The third-order valence-corrected chi connectivity index (χ3v) is 4.43. The van der Waals surface area contributed by atoms with Gasteiger partial charge < -0.3 is 10.2 Å². The van der Waals surface area contributed by atoms with E-state index in [2.05, 4.69) is 15.3 Å². The lowest BCUT2D eigenvalue weighted by atomic mass is 10.1. The third-order valence-electron chi connectivity index (χ3n) is 4.43. The molecule has 0 atom stereocenters. The van der Waals surface area contributed by atoms with E-state index in [1.807, 2.05) is 32.9 Å². The summed E-state index contributed by atoms with van der Waals surface area (Å²) in [6, 6.07) is 7.46. The highest BCUT2D eigenvalue weighted by molar-refractivity contribution is 5.99. The monoisotopic (exact) mass is 377 g/mol. The normalized spacial score (nSPS) is 10.6. The van der Waals surface area contributed by atoms with Crippen molar-refractivity contribution in [2.75, 3.05) is 18.9 Å². The number of likely N-dealkylation sites (N-methyl/N-ethyl adjacent to an activating group) is 1. The van der Waals surface area contributed by atoms with Gasteiger partial charge in [0, 0.05) is 31.3 Å². The molecule has 3 aromatic rings. The summed E-state index contributed by atoms with van der Waals surface area (Å²) in [7, 11) is 1.60. The second-order valence-electron chi connectivity index (χ2n) is 6.86. The standard InChI is InChI=1S/C21H23N5O2/c1-14-9-15(2)20(16(3)10-14)24-19(27)12-25(4)21(28)17-5-6-18(23-11-17)26-8-7-22-13-26/h5-11,13H,12H2,1-4H3,(H,24,27). The van der Waals surface area contributed by atoms with E-state index in [1.54, 1.807) is 42.5 Å². The number of hydrogen-bond acceptors (Lipinski definition) is 4. The van der Waals surface area contributed by atoms with E-state index in [0.29, 0.717) is 11.4 Å². The highest BCUT2D eigenvalue weighted by Gasteiger charge is 2.17. The summed E-state index contributed by atoms with van der Waals surface area (Å²) in [5, 5.41) is 2.91. The Morgan fingerprint density at radius 1 is 1.14 bits per heavy atom. The van der Waals surface area contributed by atoms with Crippen LogP contribution in [0.2, 0.25) is 0 Å². The van der Waals surface area contributed by atoms with E-state index < -0.39 is 0 Å². The number of carbonyl (C=O) groups excluding carboxylic acids is 2. The van der Waals surface area contributed by atoms with E-state index in [9.17, 15) is 9.59 Å². The quantitative estimate of drug-likeness (QED) is 0.741. The van der Waals surface area contributed by atoms with Crippen molar-refractivity contribution in [3.8, 4) is 5.82 Å². The number of amides is 2. The number of aryl methyl sites for hydroxylation is 3. The third kappa shape index (κ3) is 4.25. The van der Waals surface area contributed by atoms with Crippen LogP contribution in [0.3, 0.4) is 0 Å². The minimum Gasteiger partial charge on any atom is -0.332 e. The molecule has 0 aliphatic rings. The Morgan fingerprint density at radius 3 is 2.43 bits per heavy atom. The Hall–Kier alpha value is -3.48. The van der Waals surface area contributed by atoms with Gasteiger partial charge in [0.05, 0.1) is 12.1 Å².